The van der Waals surface area contributed by atoms with Crippen molar-refractivity contribution in [2.24, 2.45) is 10.9 Å². The van der Waals surface area contributed by atoms with E-state index in [0.717, 1.165) is 49.8 Å². The minimum absolute atomic E-state index is 0.609. The number of aliphatic imine (C=N–C) groups is 1. The molecule has 0 aromatic heterocycles. The van der Waals surface area contributed by atoms with Gasteiger partial charge in [0.05, 0.1) is 5.56 Å². The summed E-state index contributed by atoms with van der Waals surface area (Å²) in [5.41, 5.74) is 0.263. The van der Waals surface area contributed by atoms with E-state index in [1.165, 1.54) is 25.0 Å². The van der Waals surface area contributed by atoms with Crippen LogP contribution in [-0.2, 0) is 12.6 Å². The molecule has 0 spiro atoms. The van der Waals surface area contributed by atoms with Crippen molar-refractivity contribution in [2.45, 2.75) is 32.4 Å². The summed E-state index contributed by atoms with van der Waals surface area (Å²) in [7, 11) is 2.15. The van der Waals surface area contributed by atoms with Crippen molar-refractivity contribution in [1.29, 1.82) is 0 Å². The quantitative estimate of drug-likeness (QED) is 0.597. The van der Waals surface area contributed by atoms with E-state index in [0.29, 0.717) is 18.9 Å². The molecule has 0 unspecified atom stereocenters. The van der Waals surface area contributed by atoms with Gasteiger partial charge in [-0.1, -0.05) is 12.1 Å². The lowest BCUT2D eigenvalue weighted by atomic mass is 9.97. The SMILES string of the molecule is CCNC(=NCC1CCN(C)CC1)NCCc1ccc(C(F)(F)F)cc1. The Labute approximate surface area is 153 Å². The number of hydrogen-bond acceptors (Lipinski definition) is 2. The summed E-state index contributed by atoms with van der Waals surface area (Å²) in [5.74, 6) is 1.40. The molecular weight excluding hydrogens is 341 g/mol. The van der Waals surface area contributed by atoms with Crippen LogP contribution in [0.3, 0.4) is 0 Å². The summed E-state index contributed by atoms with van der Waals surface area (Å²) in [6.07, 6.45) is -1.29. The van der Waals surface area contributed by atoms with Gasteiger partial charge in [-0.15, -0.1) is 0 Å². The summed E-state index contributed by atoms with van der Waals surface area (Å²) in [4.78, 5) is 7.01. The van der Waals surface area contributed by atoms with Crippen molar-refractivity contribution in [2.75, 3.05) is 39.8 Å². The molecule has 0 saturated carbocycles. The van der Waals surface area contributed by atoms with Crippen LogP contribution >= 0.6 is 0 Å². The fourth-order valence-corrected chi connectivity index (χ4v) is 2.99. The molecule has 4 nitrogen and oxygen atoms in total. The van der Waals surface area contributed by atoms with E-state index in [2.05, 4.69) is 27.6 Å². The molecule has 1 fully saturated rings. The fraction of sp³-hybridized carbons (Fsp3) is 0.632. The molecule has 1 heterocycles. The van der Waals surface area contributed by atoms with E-state index in [-0.39, 0.29) is 0 Å². The minimum atomic E-state index is -4.28. The number of benzene rings is 1. The maximum atomic E-state index is 12.6. The van der Waals surface area contributed by atoms with Crippen LogP contribution in [0.1, 0.15) is 30.9 Å². The topological polar surface area (TPSA) is 39.7 Å². The van der Waals surface area contributed by atoms with Crippen LogP contribution in [0.25, 0.3) is 0 Å². The fourth-order valence-electron chi connectivity index (χ4n) is 2.99. The van der Waals surface area contributed by atoms with Gasteiger partial charge in [0.15, 0.2) is 5.96 Å². The average molecular weight is 370 g/mol. The summed E-state index contributed by atoms with van der Waals surface area (Å²) >= 11 is 0. The highest BCUT2D eigenvalue weighted by Crippen LogP contribution is 2.29. The molecule has 1 saturated heterocycles. The molecule has 0 amide bonds. The Balaban J connectivity index is 1.79. The van der Waals surface area contributed by atoms with Gasteiger partial charge in [0.2, 0.25) is 0 Å². The zero-order chi connectivity index (χ0) is 19.0. The number of rotatable bonds is 6. The van der Waals surface area contributed by atoms with Gasteiger partial charge in [0.1, 0.15) is 0 Å². The van der Waals surface area contributed by atoms with Crippen molar-refractivity contribution in [1.82, 2.24) is 15.5 Å². The molecule has 0 atom stereocenters. The van der Waals surface area contributed by atoms with Crippen LogP contribution in [-0.4, -0.2) is 50.6 Å². The molecule has 1 aliphatic rings. The second-order valence-electron chi connectivity index (χ2n) is 6.84. The molecule has 0 radical (unpaired) electrons. The lowest BCUT2D eigenvalue weighted by molar-refractivity contribution is -0.137. The van der Waals surface area contributed by atoms with Gasteiger partial charge in [0, 0.05) is 19.6 Å². The van der Waals surface area contributed by atoms with Gasteiger partial charge in [-0.05, 0) is 69.9 Å². The molecule has 2 N–H and O–H groups in total. The Morgan fingerprint density at radius 2 is 1.81 bits per heavy atom. The second-order valence-corrected chi connectivity index (χ2v) is 6.84. The van der Waals surface area contributed by atoms with Crippen molar-refractivity contribution in [3.05, 3.63) is 35.4 Å². The van der Waals surface area contributed by atoms with E-state index < -0.39 is 11.7 Å². The number of hydrogen-bond donors (Lipinski definition) is 2. The maximum absolute atomic E-state index is 12.6. The average Bonchev–Trinajstić information content (AvgIpc) is 2.61. The first-order chi connectivity index (χ1) is 12.4. The number of piperidine rings is 1. The van der Waals surface area contributed by atoms with Gasteiger partial charge in [0.25, 0.3) is 0 Å². The Hall–Kier alpha value is -1.76. The van der Waals surface area contributed by atoms with Crippen molar-refractivity contribution >= 4 is 5.96 Å². The molecule has 1 aromatic rings. The Bertz CT molecular complexity index is 561. The first-order valence-corrected chi connectivity index (χ1v) is 9.25. The highest BCUT2D eigenvalue weighted by molar-refractivity contribution is 5.79. The van der Waals surface area contributed by atoms with Gasteiger partial charge < -0.3 is 15.5 Å². The lowest BCUT2D eigenvalue weighted by Gasteiger charge is -2.28. The van der Waals surface area contributed by atoms with Gasteiger partial charge >= 0.3 is 6.18 Å². The molecular formula is C19H29F3N4. The zero-order valence-corrected chi connectivity index (χ0v) is 15.6. The minimum Gasteiger partial charge on any atom is -0.357 e. The van der Waals surface area contributed by atoms with Gasteiger partial charge in [-0.3, -0.25) is 4.99 Å². The first-order valence-electron chi connectivity index (χ1n) is 9.25. The summed E-state index contributed by atoms with van der Waals surface area (Å²) in [5, 5.41) is 6.49. The number of halogens is 3. The predicted octanol–water partition coefficient (Wildman–Crippen LogP) is 3.14. The van der Waals surface area contributed by atoms with Crippen LogP contribution < -0.4 is 10.6 Å². The predicted molar refractivity (Wildman–Crippen MR) is 99.4 cm³/mol. The standard InChI is InChI=1S/C19H29F3N4/c1-3-23-18(25-14-16-9-12-26(2)13-10-16)24-11-8-15-4-6-17(7-5-15)19(20,21)22/h4-7,16H,3,8-14H2,1-2H3,(H2,23,24,25). The van der Waals surface area contributed by atoms with E-state index in [9.17, 15) is 13.2 Å². The third-order valence-electron chi connectivity index (χ3n) is 4.68. The monoisotopic (exact) mass is 370 g/mol. The normalized spacial score (nSPS) is 17.3. The smallest absolute Gasteiger partial charge is 0.357 e. The lowest BCUT2D eigenvalue weighted by Crippen LogP contribution is -2.39. The van der Waals surface area contributed by atoms with Crippen molar-refractivity contribution in [3.63, 3.8) is 0 Å². The summed E-state index contributed by atoms with van der Waals surface area (Å²) in [6, 6.07) is 5.34. The largest absolute Gasteiger partial charge is 0.416 e. The number of alkyl halides is 3. The molecule has 1 aliphatic heterocycles. The van der Waals surface area contributed by atoms with Crippen LogP contribution in [0, 0.1) is 5.92 Å². The third kappa shape index (κ3) is 6.86. The molecule has 7 heteroatoms. The van der Waals surface area contributed by atoms with E-state index >= 15 is 0 Å². The van der Waals surface area contributed by atoms with Gasteiger partial charge in [-0.25, -0.2) is 0 Å². The number of nitrogens with one attached hydrogen (secondary N) is 2. The number of guanidine groups is 1. The highest BCUT2D eigenvalue weighted by atomic mass is 19.4. The van der Waals surface area contributed by atoms with Crippen molar-refractivity contribution < 1.29 is 13.2 Å². The number of likely N-dealkylation sites (tertiary alicyclic amines) is 1. The molecule has 146 valence electrons. The second kappa shape index (κ2) is 9.80. The molecule has 0 aliphatic carbocycles. The number of nitrogens with zero attached hydrogens (tertiary/aromatic N) is 2. The van der Waals surface area contributed by atoms with Crippen LogP contribution in [0.5, 0.6) is 0 Å². The molecule has 26 heavy (non-hydrogen) atoms. The Morgan fingerprint density at radius 1 is 1.15 bits per heavy atom. The Kier molecular flexibility index (Phi) is 7.75. The van der Waals surface area contributed by atoms with E-state index in [4.69, 9.17) is 0 Å². The van der Waals surface area contributed by atoms with E-state index in [1.54, 1.807) is 0 Å². The Morgan fingerprint density at radius 3 is 2.38 bits per heavy atom. The summed E-state index contributed by atoms with van der Waals surface area (Å²) < 4.78 is 37.7. The zero-order valence-electron chi connectivity index (χ0n) is 15.6. The highest BCUT2D eigenvalue weighted by Gasteiger charge is 2.29. The maximum Gasteiger partial charge on any atom is 0.416 e. The van der Waals surface area contributed by atoms with Crippen LogP contribution in [0.2, 0.25) is 0 Å². The van der Waals surface area contributed by atoms with Crippen LogP contribution in [0.15, 0.2) is 29.3 Å². The first kappa shape index (κ1) is 20.6. The molecule has 2 rings (SSSR count). The van der Waals surface area contributed by atoms with Crippen LogP contribution in [0.4, 0.5) is 13.2 Å². The van der Waals surface area contributed by atoms with Crippen molar-refractivity contribution in [3.8, 4) is 0 Å². The molecule has 1 aromatic carbocycles. The third-order valence-corrected chi connectivity index (χ3v) is 4.68. The van der Waals surface area contributed by atoms with Gasteiger partial charge in [-0.2, -0.15) is 13.2 Å². The van der Waals surface area contributed by atoms with E-state index in [1.807, 2.05) is 6.92 Å². The molecule has 0 bridgehead atoms. The summed E-state index contributed by atoms with van der Waals surface area (Å²) in [6.45, 7) is 6.48.